The summed E-state index contributed by atoms with van der Waals surface area (Å²) in [5.41, 5.74) is 1.30. The summed E-state index contributed by atoms with van der Waals surface area (Å²) in [4.78, 5) is 14.1. The summed E-state index contributed by atoms with van der Waals surface area (Å²) in [5.74, 6) is 0.0320. The summed E-state index contributed by atoms with van der Waals surface area (Å²) in [5, 5.41) is 9.98. The highest BCUT2D eigenvalue weighted by atomic mass is 32.1. The molecule has 1 saturated carbocycles. The van der Waals surface area contributed by atoms with E-state index in [9.17, 15) is 4.79 Å². The van der Waals surface area contributed by atoms with Gasteiger partial charge in [-0.1, -0.05) is 0 Å². The molecule has 0 aromatic carbocycles. The summed E-state index contributed by atoms with van der Waals surface area (Å²) < 4.78 is 5.46. The zero-order valence-electron chi connectivity index (χ0n) is 11.6. The molecule has 6 heteroatoms. The van der Waals surface area contributed by atoms with Crippen molar-refractivity contribution in [1.29, 1.82) is 0 Å². The lowest BCUT2D eigenvalue weighted by Crippen LogP contribution is -2.51. The molecule has 2 N–H and O–H groups in total. The van der Waals surface area contributed by atoms with Crippen molar-refractivity contribution < 1.29 is 9.53 Å². The van der Waals surface area contributed by atoms with Crippen molar-refractivity contribution in [2.45, 2.75) is 25.3 Å². The Morgan fingerprint density at radius 2 is 2.33 bits per heavy atom. The first kappa shape index (κ1) is 13.0. The third kappa shape index (κ3) is 2.38. The van der Waals surface area contributed by atoms with Crippen LogP contribution in [0.15, 0.2) is 24.4 Å². The van der Waals surface area contributed by atoms with E-state index in [4.69, 9.17) is 4.74 Å². The number of H-pyrrole nitrogens is 1. The standard InChI is InChI=1S/C15H17N3O2S/c19-14(17-10-7-15(8-10)4-6-20-9-15)13-2-1-12(21-13)11-3-5-16-18-11/h1-3,5,10H,4,6-9H2,(H,16,18)(H,17,19). The summed E-state index contributed by atoms with van der Waals surface area (Å²) >= 11 is 1.49. The van der Waals surface area contributed by atoms with Crippen LogP contribution in [0.3, 0.4) is 0 Å². The Balaban J connectivity index is 1.38. The molecule has 5 nitrogen and oxygen atoms in total. The third-order valence-corrected chi connectivity index (χ3v) is 5.59. The lowest BCUT2D eigenvalue weighted by molar-refractivity contribution is 0.0532. The summed E-state index contributed by atoms with van der Waals surface area (Å²) in [6.45, 7) is 1.74. The average Bonchev–Trinajstić information content (AvgIpc) is 3.18. The second-order valence-corrected chi connectivity index (χ2v) is 7.10. The number of hydrogen-bond donors (Lipinski definition) is 2. The molecule has 21 heavy (non-hydrogen) atoms. The SMILES string of the molecule is O=C(NC1CC2(CCOC2)C1)c1ccc(-c2ccn[nH]2)s1. The van der Waals surface area contributed by atoms with Gasteiger partial charge in [0.2, 0.25) is 0 Å². The number of ether oxygens (including phenoxy) is 1. The van der Waals surface area contributed by atoms with Crippen LogP contribution in [0.5, 0.6) is 0 Å². The van der Waals surface area contributed by atoms with Gasteiger partial charge < -0.3 is 10.1 Å². The van der Waals surface area contributed by atoms with Crippen LogP contribution in [0.2, 0.25) is 0 Å². The Hall–Kier alpha value is -1.66. The fourth-order valence-corrected chi connectivity index (χ4v) is 4.20. The number of amides is 1. The van der Waals surface area contributed by atoms with Gasteiger partial charge >= 0.3 is 0 Å². The summed E-state index contributed by atoms with van der Waals surface area (Å²) in [7, 11) is 0. The molecule has 2 aliphatic rings. The summed E-state index contributed by atoms with van der Waals surface area (Å²) in [6.07, 6.45) is 4.96. The Labute approximate surface area is 126 Å². The van der Waals surface area contributed by atoms with Crippen LogP contribution in [-0.2, 0) is 4.74 Å². The van der Waals surface area contributed by atoms with Gasteiger partial charge in [0, 0.05) is 18.8 Å². The van der Waals surface area contributed by atoms with E-state index in [1.807, 2.05) is 18.2 Å². The topological polar surface area (TPSA) is 67.0 Å². The zero-order chi connectivity index (χ0) is 14.3. The van der Waals surface area contributed by atoms with Gasteiger partial charge in [0.1, 0.15) is 0 Å². The number of aromatic amines is 1. The van der Waals surface area contributed by atoms with E-state index in [2.05, 4.69) is 15.5 Å². The Morgan fingerprint density at radius 1 is 1.43 bits per heavy atom. The van der Waals surface area contributed by atoms with Crippen LogP contribution in [0.4, 0.5) is 0 Å². The predicted octanol–water partition coefficient (Wildman–Crippen LogP) is 2.44. The van der Waals surface area contributed by atoms with Crippen LogP contribution >= 0.6 is 11.3 Å². The minimum atomic E-state index is 0.0320. The molecule has 1 aliphatic heterocycles. The van der Waals surface area contributed by atoms with Crippen LogP contribution in [0.25, 0.3) is 10.6 Å². The van der Waals surface area contributed by atoms with Gasteiger partial charge in [-0.25, -0.2) is 0 Å². The van der Waals surface area contributed by atoms with E-state index in [0.29, 0.717) is 11.5 Å². The first-order valence-corrected chi connectivity index (χ1v) is 8.04. The lowest BCUT2D eigenvalue weighted by atomic mass is 9.65. The van der Waals surface area contributed by atoms with E-state index in [-0.39, 0.29) is 5.91 Å². The van der Waals surface area contributed by atoms with Crippen molar-refractivity contribution in [3.63, 3.8) is 0 Å². The molecule has 1 amide bonds. The van der Waals surface area contributed by atoms with Crippen molar-refractivity contribution in [3.05, 3.63) is 29.3 Å². The molecule has 0 bridgehead atoms. The van der Waals surface area contributed by atoms with E-state index in [1.54, 1.807) is 6.20 Å². The van der Waals surface area contributed by atoms with Crippen molar-refractivity contribution >= 4 is 17.2 Å². The second kappa shape index (κ2) is 4.96. The quantitative estimate of drug-likeness (QED) is 0.915. The van der Waals surface area contributed by atoms with Gasteiger partial charge in [-0.2, -0.15) is 5.10 Å². The average molecular weight is 303 g/mol. The van der Waals surface area contributed by atoms with Crippen molar-refractivity contribution in [1.82, 2.24) is 15.5 Å². The molecule has 1 spiro atoms. The smallest absolute Gasteiger partial charge is 0.261 e. The van der Waals surface area contributed by atoms with Crippen molar-refractivity contribution in [2.24, 2.45) is 5.41 Å². The number of hydrogen-bond acceptors (Lipinski definition) is 4. The molecule has 0 atom stereocenters. The van der Waals surface area contributed by atoms with Crippen LogP contribution in [0, 0.1) is 5.41 Å². The predicted molar refractivity (Wildman–Crippen MR) is 80.3 cm³/mol. The molecule has 2 fully saturated rings. The van der Waals surface area contributed by atoms with Gasteiger partial charge in [0.25, 0.3) is 5.91 Å². The van der Waals surface area contributed by atoms with Gasteiger partial charge in [-0.15, -0.1) is 11.3 Å². The normalized spacial score (nSPS) is 27.7. The Bertz CT molecular complexity index is 636. The molecular formula is C15H17N3O2S. The van der Waals surface area contributed by atoms with Crippen LogP contribution in [0.1, 0.15) is 28.9 Å². The molecule has 4 rings (SSSR count). The maximum Gasteiger partial charge on any atom is 0.261 e. The molecule has 1 saturated heterocycles. The minimum Gasteiger partial charge on any atom is -0.381 e. The number of rotatable bonds is 3. The molecule has 1 aliphatic carbocycles. The molecule has 2 aromatic heterocycles. The van der Waals surface area contributed by atoms with E-state index in [0.717, 1.165) is 47.9 Å². The Morgan fingerprint density at radius 3 is 3.05 bits per heavy atom. The highest BCUT2D eigenvalue weighted by Crippen LogP contribution is 2.47. The van der Waals surface area contributed by atoms with Gasteiger partial charge in [-0.3, -0.25) is 9.89 Å². The molecule has 0 unspecified atom stereocenters. The zero-order valence-corrected chi connectivity index (χ0v) is 12.4. The van der Waals surface area contributed by atoms with Crippen LogP contribution in [-0.4, -0.2) is 35.4 Å². The fourth-order valence-electron chi connectivity index (χ4n) is 3.31. The van der Waals surface area contributed by atoms with Crippen LogP contribution < -0.4 is 5.32 Å². The highest BCUT2D eigenvalue weighted by molar-refractivity contribution is 7.17. The molecule has 110 valence electrons. The van der Waals surface area contributed by atoms with E-state index in [1.165, 1.54) is 11.3 Å². The number of thiophene rings is 1. The third-order valence-electron chi connectivity index (χ3n) is 4.48. The van der Waals surface area contributed by atoms with E-state index < -0.39 is 0 Å². The Kier molecular flexibility index (Phi) is 3.08. The monoisotopic (exact) mass is 303 g/mol. The molecule has 2 aromatic rings. The maximum absolute atomic E-state index is 12.3. The largest absolute Gasteiger partial charge is 0.381 e. The van der Waals surface area contributed by atoms with E-state index >= 15 is 0 Å². The number of aromatic nitrogens is 2. The first-order valence-electron chi connectivity index (χ1n) is 7.22. The molecule has 0 radical (unpaired) electrons. The van der Waals surface area contributed by atoms with Gasteiger partial charge in [0.15, 0.2) is 0 Å². The van der Waals surface area contributed by atoms with Gasteiger partial charge in [0.05, 0.1) is 22.1 Å². The molecular weight excluding hydrogens is 286 g/mol. The lowest BCUT2D eigenvalue weighted by Gasteiger charge is -2.44. The minimum absolute atomic E-state index is 0.0320. The van der Waals surface area contributed by atoms with Crippen molar-refractivity contribution in [2.75, 3.05) is 13.2 Å². The maximum atomic E-state index is 12.3. The summed E-state index contributed by atoms with van der Waals surface area (Å²) in [6, 6.07) is 6.05. The number of nitrogens with zero attached hydrogens (tertiary/aromatic N) is 1. The second-order valence-electron chi connectivity index (χ2n) is 6.02. The number of carbonyl (C=O) groups excluding carboxylic acids is 1. The number of carbonyl (C=O) groups is 1. The molecule has 3 heterocycles. The fraction of sp³-hybridized carbons (Fsp3) is 0.467. The highest BCUT2D eigenvalue weighted by Gasteiger charge is 2.47. The van der Waals surface area contributed by atoms with Crippen molar-refractivity contribution in [3.8, 4) is 10.6 Å². The number of nitrogens with one attached hydrogen (secondary N) is 2. The van der Waals surface area contributed by atoms with Gasteiger partial charge in [-0.05, 0) is 42.9 Å². The first-order chi connectivity index (χ1) is 10.2.